The highest BCUT2D eigenvalue weighted by molar-refractivity contribution is 7.89. The third-order valence-electron chi connectivity index (χ3n) is 6.18. The summed E-state index contributed by atoms with van der Waals surface area (Å²) in [5.74, 6) is 2.98. The molecule has 0 unspecified atom stereocenters. The minimum atomic E-state index is -3.83. The molecule has 1 fully saturated rings. The number of hydrogen-bond donors (Lipinski definition) is 1. The lowest BCUT2D eigenvalue weighted by molar-refractivity contribution is -0.0490. The number of hydrogen-bond acceptors (Lipinski definition) is 7. The van der Waals surface area contributed by atoms with Crippen LogP contribution in [0.25, 0.3) is 0 Å². The highest BCUT2D eigenvalue weighted by Crippen LogP contribution is 2.30. The van der Waals surface area contributed by atoms with Gasteiger partial charge in [0.25, 0.3) is 0 Å². The van der Waals surface area contributed by atoms with Crippen molar-refractivity contribution in [2.75, 3.05) is 19.8 Å². The van der Waals surface area contributed by atoms with Crippen LogP contribution in [0.3, 0.4) is 0 Å². The minimum Gasteiger partial charge on any atom is -0.494 e. The van der Waals surface area contributed by atoms with Crippen LogP contribution in [0.1, 0.15) is 38.2 Å². The fraction of sp³-hybridized carbons (Fsp3) is 0.345. The van der Waals surface area contributed by atoms with Crippen LogP contribution in [0.5, 0.6) is 23.0 Å². The zero-order chi connectivity index (χ0) is 27.7. The third-order valence-corrected chi connectivity index (χ3v) is 8.08. The van der Waals surface area contributed by atoms with E-state index in [0.29, 0.717) is 25.4 Å². The molecule has 9 nitrogen and oxygen atoms in total. The van der Waals surface area contributed by atoms with Gasteiger partial charge in [-0.25, -0.2) is 13.2 Å². The summed E-state index contributed by atoms with van der Waals surface area (Å²) in [6.45, 7) is 3.35. The number of ether oxygens (including phenoxy) is 4. The molecule has 1 aliphatic heterocycles. The molecule has 0 aliphatic carbocycles. The summed E-state index contributed by atoms with van der Waals surface area (Å²) in [6.07, 6.45) is 1.30. The van der Waals surface area contributed by atoms with Crippen molar-refractivity contribution < 1.29 is 37.3 Å². The monoisotopic (exact) mass is 555 g/mol. The number of unbranched alkanes of at least 4 members (excludes halogenated alkanes) is 1. The summed E-state index contributed by atoms with van der Waals surface area (Å²) in [5.41, 5.74) is 1.11. The van der Waals surface area contributed by atoms with E-state index in [2.05, 4.69) is 11.7 Å². The van der Waals surface area contributed by atoms with Crippen molar-refractivity contribution in [1.82, 2.24) is 4.31 Å². The van der Waals surface area contributed by atoms with Crippen LogP contribution < -0.4 is 14.2 Å². The molecule has 1 N–H and O–H groups in total. The van der Waals surface area contributed by atoms with Crippen molar-refractivity contribution in [1.29, 1.82) is 0 Å². The van der Waals surface area contributed by atoms with E-state index < -0.39 is 22.4 Å². The SMILES string of the molecule is CCCc1cc(Oc2ccccc2)ccc1OCCCCOc1ccc(S(=O)(=O)N2CC[C@H]2OC(=O)O)cc1. The second kappa shape index (κ2) is 13.3. The van der Waals surface area contributed by atoms with E-state index in [1.54, 1.807) is 12.1 Å². The largest absolute Gasteiger partial charge is 0.507 e. The lowest BCUT2D eigenvalue weighted by Gasteiger charge is -2.37. The van der Waals surface area contributed by atoms with E-state index in [4.69, 9.17) is 19.3 Å². The van der Waals surface area contributed by atoms with Gasteiger partial charge < -0.3 is 24.1 Å². The number of sulfonamides is 1. The van der Waals surface area contributed by atoms with E-state index in [-0.39, 0.29) is 11.4 Å². The first-order valence-electron chi connectivity index (χ1n) is 13.0. The van der Waals surface area contributed by atoms with Gasteiger partial charge in [0.15, 0.2) is 6.23 Å². The summed E-state index contributed by atoms with van der Waals surface area (Å²) in [7, 11) is -3.83. The Hall–Kier alpha value is -3.76. The maximum atomic E-state index is 12.7. The molecule has 1 aliphatic rings. The van der Waals surface area contributed by atoms with Gasteiger partial charge in [0, 0.05) is 13.0 Å². The van der Waals surface area contributed by atoms with Gasteiger partial charge >= 0.3 is 6.16 Å². The predicted octanol–water partition coefficient (Wildman–Crippen LogP) is 6.08. The highest BCUT2D eigenvalue weighted by Gasteiger charge is 2.41. The second-order valence-corrected chi connectivity index (χ2v) is 10.9. The lowest BCUT2D eigenvalue weighted by Crippen LogP contribution is -2.52. The Morgan fingerprint density at radius 1 is 0.923 bits per heavy atom. The number of nitrogens with zero attached hydrogens (tertiary/aromatic N) is 1. The van der Waals surface area contributed by atoms with Crippen LogP contribution in [0.4, 0.5) is 4.79 Å². The molecule has 39 heavy (non-hydrogen) atoms. The Morgan fingerprint density at radius 3 is 2.26 bits per heavy atom. The van der Waals surface area contributed by atoms with Crippen LogP contribution in [0, 0.1) is 0 Å². The van der Waals surface area contributed by atoms with E-state index in [1.165, 1.54) is 12.1 Å². The van der Waals surface area contributed by atoms with Crippen LogP contribution in [0.2, 0.25) is 0 Å². The Bertz CT molecular complexity index is 1330. The molecule has 208 valence electrons. The molecule has 3 aromatic carbocycles. The molecule has 1 atom stereocenters. The van der Waals surface area contributed by atoms with Crippen LogP contribution in [-0.2, 0) is 21.2 Å². The fourth-order valence-electron chi connectivity index (χ4n) is 4.12. The van der Waals surface area contributed by atoms with Gasteiger partial charge in [0.1, 0.15) is 23.0 Å². The fourth-order valence-corrected chi connectivity index (χ4v) is 5.67. The smallest absolute Gasteiger partial charge is 0.494 e. The molecule has 0 bridgehead atoms. The third kappa shape index (κ3) is 7.64. The normalized spacial score (nSPS) is 15.3. The summed E-state index contributed by atoms with van der Waals surface area (Å²) in [6, 6.07) is 21.6. The van der Waals surface area contributed by atoms with Gasteiger partial charge in [-0.15, -0.1) is 0 Å². The number of carboxylic acid groups (broad SMARTS) is 1. The molecule has 0 amide bonds. The summed E-state index contributed by atoms with van der Waals surface area (Å²) in [5, 5.41) is 8.75. The Labute approximate surface area is 228 Å². The number of aryl methyl sites for hydroxylation is 1. The van der Waals surface area contributed by atoms with Crippen LogP contribution in [0.15, 0.2) is 77.7 Å². The summed E-state index contributed by atoms with van der Waals surface area (Å²) < 4.78 is 48.8. The minimum absolute atomic E-state index is 0.0602. The van der Waals surface area contributed by atoms with Crippen molar-refractivity contribution in [3.8, 4) is 23.0 Å². The Kier molecular flexibility index (Phi) is 9.67. The van der Waals surface area contributed by atoms with Crippen molar-refractivity contribution in [3.05, 3.63) is 78.4 Å². The van der Waals surface area contributed by atoms with Gasteiger partial charge in [-0.05, 0) is 79.4 Å². The maximum absolute atomic E-state index is 12.7. The number of carbonyl (C=O) groups is 1. The van der Waals surface area contributed by atoms with E-state index in [1.807, 2.05) is 48.5 Å². The topological polar surface area (TPSA) is 112 Å². The van der Waals surface area contributed by atoms with E-state index >= 15 is 0 Å². The molecular weight excluding hydrogens is 522 g/mol. The predicted molar refractivity (Wildman–Crippen MR) is 145 cm³/mol. The summed E-state index contributed by atoms with van der Waals surface area (Å²) >= 11 is 0. The van der Waals surface area contributed by atoms with E-state index in [0.717, 1.165) is 52.8 Å². The van der Waals surface area contributed by atoms with Gasteiger partial charge in [-0.2, -0.15) is 4.31 Å². The average molecular weight is 556 g/mol. The van der Waals surface area contributed by atoms with E-state index in [9.17, 15) is 13.2 Å². The van der Waals surface area contributed by atoms with Gasteiger partial charge in [-0.1, -0.05) is 31.5 Å². The highest BCUT2D eigenvalue weighted by atomic mass is 32.2. The standard InChI is InChI=1S/C29H33NO8S/c1-2-8-22-21-25(37-24-9-4-3-5-10-24)13-16-27(22)36-20-7-6-19-35-23-11-14-26(15-12-23)39(33,34)30-18-17-28(30)38-29(31)32/h3-5,9-16,21,28H,2,6-8,17-20H2,1H3,(H,31,32)/t28-/m1/s1. The molecule has 0 saturated carbocycles. The number of para-hydroxylation sites is 1. The molecule has 0 aromatic heterocycles. The molecule has 1 heterocycles. The van der Waals surface area contributed by atoms with Gasteiger partial charge in [0.05, 0.1) is 18.1 Å². The van der Waals surface area contributed by atoms with Gasteiger partial charge in [-0.3, -0.25) is 0 Å². The molecule has 4 rings (SSSR count). The molecule has 0 radical (unpaired) electrons. The summed E-state index contributed by atoms with van der Waals surface area (Å²) in [4.78, 5) is 10.8. The van der Waals surface area contributed by atoms with Crippen LogP contribution in [-0.4, -0.2) is 50.0 Å². The maximum Gasteiger partial charge on any atom is 0.507 e. The molecular formula is C29H33NO8S. The molecule has 10 heteroatoms. The Balaban J connectivity index is 1.21. The second-order valence-electron chi connectivity index (χ2n) is 9.05. The first-order valence-corrected chi connectivity index (χ1v) is 14.4. The van der Waals surface area contributed by atoms with Crippen molar-refractivity contribution in [2.24, 2.45) is 0 Å². The van der Waals surface area contributed by atoms with Crippen molar-refractivity contribution in [3.63, 3.8) is 0 Å². The number of benzene rings is 3. The first-order chi connectivity index (χ1) is 18.9. The zero-order valence-corrected chi connectivity index (χ0v) is 22.6. The zero-order valence-electron chi connectivity index (χ0n) is 21.8. The number of rotatable bonds is 14. The lowest BCUT2D eigenvalue weighted by atomic mass is 10.1. The van der Waals surface area contributed by atoms with Gasteiger partial charge in [0.2, 0.25) is 10.0 Å². The average Bonchev–Trinajstić information content (AvgIpc) is 2.90. The molecule has 3 aromatic rings. The molecule has 1 saturated heterocycles. The quantitative estimate of drug-likeness (QED) is 0.188. The Morgan fingerprint density at radius 2 is 1.62 bits per heavy atom. The van der Waals surface area contributed by atoms with Crippen molar-refractivity contribution >= 4 is 16.2 Å². The molecule has 0 spiro atoms. The van der Waals surface area contributed by atoms with Crippen molar-refractivity contribution in [2.45, 2.75) is 50.2 Å². The van der Waals surface area contributed by atoms with Crippen LogP contribution >= 0.6 is 0 Å². The first kappa shape index (κ1) is 28.3.